The number of para-hydroxylation sites is 1. The molecule has 0 aliphatic rings. The summed E-state index contributed by atoms with van der Waals surface area (Å²) in [6.45, 7) is 7.45. The number of hydrogen-bond donors (Lipinski definition) is 1. The van der Waals surface area contributed by atoms with Crippen molar-refractivity contribution >= 4 is 5.97 Å². The molecule has 4 nitrogen and oxygen atoms in total. The molecule has 0 fully saturated rings. The normalized spacial score (nSPS) is 10.7. The molecule has 17 heavy (non-hydrogen) atoms. The molecule has 0 atom stereocenters. The van der Waals surface area contributed by atoms with Crippen LogP contribution >= 0.6 is 0 Å². The average molecular weight is 238 g/mol. The number of ether oxygens (including phenoxy) is 2. The van der Waals surface area contributed by atoms with E-state index >= 15 is 0 Å². The number of carboxylic acid groups (broad SMARTS) is 1. The van der Waals surface area contributed by atoms with Gasteiger partial charge in [-0.15, -0.1) is 0 Å². The van der Waals surface area contributed by atoms with Crippen LogP contribution in [-0.4, -0.2) is 23.3 Å². The lowest BCUT2D eigenvalue weighted by Crippen LogP contribution is -2.13. The summed E-state index contributed by atoms with van der Waals surface area (Å²) >= 11 is 0. The zero-order valence-electron chi connectivity index (χ0n) is 10.6. The van der Waals surface area contributed by atoms with Gasteiger partial charge in [0, 0.05) is 0 Å². The molecular formula is C13H18O4. The molecule has 94 valence electrons. The highest BCUT2D eigenvalue weighted by molar-refractivity contribution is 5.92. The Morgan fingerprint density at radius 1 is 1.12 bits per heavy atom. The maximum atomic E-state index is 11.1. The van der Waals surface area contributed by atoms with E-state index in [4.69, 9.17) is 14.6 Å². The fourth-order valence-corrected chi connectivity index (χ4v) is 1.39. The van der Waals surface area contributed by atoms with Gasteiger partial charge in [-0.1, -0.05) is 6.07 Å². The Morgan fingerprint density at radius 3 is 2.18 bits per heavy atom. The Morgan fingerprint density at radius 2 is 1.71 bits per heavy atom. The Labute approximate surface area is 101 Å². The lowest BCUT2D eigenvalue weighted by Gasteiger charge is -2.18. The molecule has 0 aliphatic heterocycles. The van der Waals surface area contributed by atoms with E-state index in [-0.39, 0.29) is 17.8 Å². The van der Waals surface area contributed by atoms with Crippen LogP contribution in [0.5, 0.6) is 11.5 Å². The van der Waals surface area contributed by atoms with Crippen LogP contribution in [0.3, 0.4) is 0 Å². The van der Waals surface area contributed by atoms with Crippen molar-refractivity contribution in [3.05, 3.63) is 23.8 Å². The fraction of sp³-hybridized carbons (Fsp3) is 0.462. The molecule has 0 aromatic heterocycles. The summed E-state index contributed by atoms with van der Waals surface area (Å²) < 4.78 is 11.1. The first-order valence-electron chi connectivity index (χ1n) is 5.61. The Kier molecular flexibility index (Phi) is 4.37. The largest absolute Gasteiger partial charge is 0.487 e. The molecule has 0 heterocycles. The van der Waals surface area contributed by atoms with Crippen molar-refractivity contribution in [1.29, 1.82) is 0 Å². The first-order valence-corrected chi connectivity index (χ1v) is 5.61. The second-order valence-corrected chi connectivity index (χ2v) is 4.27. The number of benzene rings is 1. The van der Waals surface area contributed by atoms with Gasteiger partial charge in [0.15, 0.2) is 11.5 Å². The molecule has 1 aromatic rings. The number of rotatable bonds is 5. The lowest BCUT2D eigenvalue weighted by molar-refractivity contribution is 0.0688. The van der Waals surface area contributed by atoms with Crippen molar-refractivity contribution in [2.24, 2.45) is 0 Å². The molecule has 1 rings (SSSR count). The van der Waals surface area contributed by atoms with Gasteiger partial charge in [-0.05, 0) is 39.8 Å². The van der Waals surface area contributed by atoms with Gasteiger partial charge in [0.1, 0.15) is 5.56 Å². The summed E-state index contributed by atoms with van der Waals surface area (Å²) in [6, 6.07) is 4.87. The molecule has 0 unspecified atom stereocenters. The van der Waals surface area contributed by atoms with Crippen molar-refractivity contribution in [3.63, 3.8) is 0 Å². The van der Waals surface area contributed by atoms with E-state index in [1.54, 1.807) is 12.1 Å². The van der Waals surface area contributed by atoms with Gasteiger partial charge in [0.25, 0.3) is 0 Å². The van der Waals surface area contributed by atoms with Gasteiger partial charge in [-0.25, -0.2) is 4.79 Å². The molecule has 0 aliphatic carbocycles. The third-order valence-corrected chi connectivity index (χ3v) is 1.93. The second-order valence-electron chi connectivity index (χ2n) is 4.27. The average Bonchev–Trinajstić information content (AvgIpc) is 2.18. The van der Waals surface area contributed by atoms with E-state index in [1.807, 2.05) is 27.7 Å². The molecule has 0 bridgehead atoms. The standard InChI is InChI=1S/C13H18O4/c1-8(2)16-11-7-5-6-10(13(14)15)12(11)17-9(3)4/h5-9H,1-4H3,(H,14,15). The minimum atomic E-state index is -1.02. The van der Waals surface area contributed by atoms with Crippen molar-refractivity contribution < 1.29 is 19.4 Å². The fourth-order valence-electron chi connectivity index (χ4n) is 1.39. The highest BCUT2D eigenvalue weighted by Gasteiger charge is 2.18. The van der Waals surface area contributed by atoms with Crippen LogP contribution in [0.4, 0.5) is 0 Å². The number of hydrogen-bond acceptors (Lipinski definition) is 3. The van der Waals surface area contributed by atoms with Gasteiger partial charge in [0.2, 0.25) is 0 Å². The first kappa shape index (κ1) is 13.4. The third-order valence-electron chi connectivity index (χ3n) is 1.93. The van der Waals surface area contributed by atoms with Crippen LogP contribution in [0.25, 0.3) is 0 Å². The number of aromatic carboxylic acids is 1. The zero-order valence-corrected chi connectivity index (χ0v) is 10.6. The lowest BCUT2D eigenvalue weighted by atomic mass is 10.2. The molecular weight excluding hydrogens is 220 g/mol. The summed E-state index contributed by atoms with van der Waals surface area (Å²) in [4.78, 5) is 11.1. The van der Waals surface area contributed by atoms with Crippen LogP contribution in [0.2, 0.25) is 0 Å². The zero-order chi connectivity index (χ0) is 13.0. The highest BCUT2D eigenvalue weighted by atomic mass is 16.5. The summed E-state index contributed by atoms with van der Waals surface area (Å²) in [6.07, 6.45) is -0.140. The SMILES string of the molecule is CC(C)Oc1cccc(C(=O)O)c1OC(C)C. The molecule has 1 aromatic carbocycles. The third kappa shape index (κ3) is 3.66. The monoisotopic (exact) mass is 238 g/mol. The molecule has 1 N–H and O–H groups in total. The van der Waals surface area contributed by atoms with Crippen molar-refractivity contribution in [3.8, 4) is 11.5 Å². The van der Waals surface area contributed by atoms with Crippen molar-refractivity contribution in [2.45, 2.75) is 39.9 Å². The quantitative estimate of drug-likeness (QED) is 0.856. The van der Waals surface area contributed by atoms with Crippen LogP contribution in [0.15, 0.2) is 18.2 Å². The summed E-state index contributed by atoms with van der Waals surface area (Å²) in [5.41, 5.74) is 0.122. The minimum absolute atomic E-state index is 0.0337. The topological polar surface area (TPSA) is 55.8 Å². The Balaban J connectivity index is 3.18. The summed E-state index contributed by atoms with van der Waals surface area (Å²) in [7, 11) is 0. The van der Waals surface area contributed by atoms with E-state index in [1.165, 1.54) is 6.07 Å². The predicted octanol–water partition coefficient (Wildman–Crippen LogP) is 2.96. The minimum Gasteiger partial charge on any atom is -0.487 e. The van der Waals surface area contributed by atoms with E-state index in [2.05, 4.69) is 0 Å². The van der Waals surface area contributed by atoms with E-state index in [0.29, 0.717) is 11.5 Å². The van der Waals surface area contributed by atoms with Gasteiger partial charge in [-0.3, -0.25) is 0 Å². The van der Waals surface area contributed by atoms with Gasteiger partial charge in [0.05, 0.1) is 12.2 Å². The van der Waals surface area contributed by atoms with E-state index < -0.39 is 5.97 Å². The van der Waals surface area contributed by atoms with E-state index in [9.17, 15) is 4.79 Å². The molecule has 0 amide bonds. The maximum Gasteiger partial charge on any atom is 0.339 e. The van der Waals surface area contributed by atoms with Gasteiger partial charge in [-0.2, -0.15) is 0 Å². The van der Waals surface area contributed by atoms with Crippen LogP contribution < -0.4 is 9.47 Å². The number of carboxylic acids is 1. The predicted molar refractivity (Wildman–Crippen MR) is 64.9 cm³/mol. The van der Waals surface area contributed by atoms with Gasteiger partial charge >= 0.3 is 5.97 Å². The Hall–Kier alpha value is -1.71. The van der Waals surface area contributed by atoms with Crippen molar-refractivity contribution in [2.75, 3.05) is 0 Å². The second kappa shape index (κ2) is 5.57. The Bertz CT molecular complexity index is 396. The first-order chi connectivity index (χ1) is 7.91. The number of carbonyl (C=O) groups is 1. The maximum absolute atomic E-state index is 11.1. The van der Waals surface area contributed by atoms with Crippen LogP contribution in [0.1, 0.15) is 38.1 Å². The molecule has 0 spiro atoms. The van der Waals surface area contributed by atoms with Crippen molar-refractivity contribution in [1.82, 2.24) is 0 Å². The molecule has 0 saturated carbocycles. The molecule has 0 radical (unpaired) electrons. The van der Waals surface area contributed by atoms with Crippen LogP contribution in [-0.2, 0) is 0 Å². The molecule has 4 heteroatoms. The molecule has 0 saturated heterocycles. The highest BCUT2D eigenvalue weighted by Crippen LogP contribution is 2.33. The van der Waals surface area contributed by atoms with Gasteiger partial charge < -0.3 is 14.6 Å². The van der Waals surface area contributed by atoms with Crippen LogP contribution in [0, 0.1) is 0 Å². The summed E-state index contributed by atoms with van der Waals surface area (Å²) in [5.74, 6) is -0.257. The smallest absolute Gasteiger partial charge is 0.339 e. The summed E-state index contributed by atoms with van der Waals surface area (Å²) in [5, 5.41) is 9.10. The van der Waals surface area contributed by atoms with E-state index in [0.717, 1.165) is 0 Å².